The molecule has 2 aromatic carbocycles. The Hall–Kier alpha value is -2.33. The standard InChI is InChI=1S/C18H17ClN2O2/c1-2-12-6-8-14(9-7-12)20-16-11-17(22)21(18(16)23)15-5-3-4-13(19)10-15/h3-10,16,20H,2,11H2,1H3/t16-/m0/s1. The molecule has 0 aromatic heterocycles. The maximum atomic E-state index is 12.6. The van der Waals surface area contributed by atoms with Gasteiger partial charge in [-0.15, -0.1) is 0 Å². The second-order valence-corrected chi connectivity index (χ2v) is 5.94. The summed E-state index contributed by atoms with van der Waals surface area (Å²) in [5.74, 6) is -0.475. The third-order valence-electron chi connectivity index (χ3n) is 3.92. The summed E-state index contributed by atoms with van der Waals surface area (Å²) in [4.78, 5) is 26.0. The van der Waals surface area contributed by atoms with E-state index >= 15 is 0 Å². The van der Waals surface area contributed by atoms with Crippen molar-refractivity contribution in [1.82, 2.24) is 0 Å². The zero-order valence-electron chi connectivity index (χ0n) is 12.8. The lowest BCUT2D eigenvalue weighted by atomic mass is 10.1. The number of aryl methyl sites for hydroxylation is 1. The first-order chi connectivity index (χ1) is 11.1. The highest BCUT2D eigenvalue weighted by Gasteiger charge is 2.39. The Labute approximate surface area is 140 Å². The van der Waals surface area contributed by atoms with E-state index < -0.39 is 6.04 Å². The first-order valence-electron chi connectivity index (χ1n) is 7.56. The van der Waals surface area contributed by atoms with Gasteiger partial charge in [-0.3, -0.25) is 9.59 Å². The maximum Gasteiger partial charge on any atom is 0.256 e. The van der Waals surface area contributed by atoms with Crippen molar-refractivity contribution in [2.75, 3.05) is 10.2 Å². The molecule has 0 radical (unpaired) electrons. The van der Waals surface area contributed by atoms with Crippen LogP contribution in [0, 0.1) is 0 Å². The molecule has 1 aliphatic rings. The summed E-state index contributed by atoms with van der Waals surface area (Å²) in [6.45, 7) is 2.09. The minimum Gasteiger partial charge on any atom is -0.373 e. The molecule has 0 unspecified atom stereocenters. The number of nitrogens with zero attached hydrogens (tertiary/aromatic N) is 1. The molecular weight excluding hydrogens is 312 g/mol. The van der Waals surface area contributed by atoms with Crippen molar-refractivity contribution in [3.05, 3.63) is 59.1 Å². The molecule has 3 rings (SSSR count). The summed E-state index contributed by atoms with van der Waals surface area (Å²) in [6.07, 6.45) is 1.10. The Morgan fingerprint density at radius 1 is 1.17 bits per heavy atom. The van der Waals surface area contributed by atoms with Gasteiger partial charge in [-0.2, -0.15) is 0 Å². The van der Waals surface area contributed by atoms with Crippen LogP contribution >= 0.6 is 11.6 Å². The topological polar surface area (TPSA) is 49.4 Å². The van der Waals surface area contributed by atoms with E-state index in [0.717, 1.165) is 12.1 Å². The molecule has 0 saturated carbocycles. The maximum absolute atomic E-state index is 12.6. The van der Waals surface area contributed by atoms with Crippen molar-refractivity contribution in [2.45, 2.75) is 25.8 Å². The number of carbonyl (C=O) groups excluding carboxylic acids is 2. The molecule has 0 bridgehead atoms. The lowest BCUT2D eigenvalue weighted by Crippen LogP contribution is -2.34. The van der Waals surface area contributed by atoms with Crippen molar-refractivity contribution in [3.8, 4) is 0 Å². The predicted molar refractivity (Wildman–Crippen MR) is 91.8 cm³/mol. The minimum absolute atomic E-state index is 0.140. The summed E-state index contributed by atoms with van der Waals surface area (Å²) in [5.41, 5.74) is 2.57. The highest BCUT2D eigenvalue weighted by molar-refractivity contribution is 6.31. The van der Waals surface area contributed by atoms with Crippen LogP contribution in [0.3, 0.4) is 0 Å². The molecule has 2 aromatic rings. The number of imide groups is 1. The van der Waals surface area contributed by atoms with Gasteiger partial charge in [0.05, 0.1) is 12.1 Å². The Kier molecular flexibility index (Phi) is 4.35. The molecule has 1 heterocycles. The summed E-state index contributed by atoms with van der Waals surface area (Å²) in [5, 5.41) is 3.64. The van der Waals surface area contributed by atoms with Crippen LogP contribution in [-0.4, -0.2) is 17.9 Å². The van der Waals surface area contributed by atoms with Gasteiger partial charge >= 0.3 is 0 Å². The fourth-order valence-corrected chi connectivity index (χ4v) is 2.85. The van der Waals surface area contributed by atoms with Gasteiger partial charge in [0.15, 0.2) is 0 Å². The number of nitrogens with one attached hydrogen (secondary N) is 1. The number of anilines is 2. The van der Waals surface area contributed by atoms with E-state index in [-0.39, 0.29) is 18.2 Å². The molecule has 1 aliphatic heterocycles. The highest BCUT2D eigenvalue weighted by Crippen LogP contribution is 2.27. The van der Waals surface area contributed by atoms with Crippen LogP contribution in [0.25, 0.3) is 0 Å². The summed E-state index contributed by atoms with van der Waals surface area (Å²) in [6, 6.07) is 14.1. The van der Waals surface area contributed by atoms with E-state index in [1.54, 1.807) is 24.3 Å². The molecule has 23 heavy (non-hydrogen) atoms. The molecule has 118 valence electrons. The van der Waals surface area contributed by atoms with Crippen molar-refractivity contribution in [3.63, 3.8) is 0 Å². The van der Waals surface area contributed by atoms with Crippen LogP contribution in [0.1, 0.15) is 18.9 Å². The van der Waals surface area contributed by atoms with E-state index in [4.69, 9.17) is 11.6 Å². The second-order valence-electron chi connectivity index (χ2n) is 5.50. The number of rotatable bonds is 4. The van der Waals surface area contributed by atoms with E-state index in [2.05, 4.69) is 12.2 Å². The Morgan fingerprint density at radius 2 is 1.91 bits per heavy atom. The third-order valence-corrected chi connectivity index (χ3v) is 4.15. The quantitative estimate of drug-likeness (QED) is 0.872. The minimum atomic E-state index is -0.547. The van der Waals surface area contributed by atoms with Crippen LogP contribution in [0.15, 0.2) is 48.5 Å². The van der Waals surface area contributed by atoms with Crippen LogP contribution in [0.2, 0.25) is 5.02 Å². The number of halogens is 1. The number of hydrogen-bond donors (Lipinski definition) is 1. The van der Waals surface area contributed by atoms with E-state index in [9.17, 15) is 9.59 Å². The van der Waals surface area contributed by atoms with E-state index in [0.29, 0.717) is 10.7 Å². The summed E-state index contributed by atoms with van der Waals surface area (Å²) in [7, 11) is 0. The molecule has 2 amide bonds. The largest absolute Gasteiger partial charge is 0.373 e. The van der Waals surface area contributed by atoms with Crippen molar-refractivity contribution < 1.29 is 9.59 Å². The Balaban J connectivity index is 1.78. The molecule has 1 atom stereocenters. The average molecular weight is 329 g/mol. The van der Waals surface area contributed by atoms with Crippen molar-refractivity contribution in [2.24, 2.45) is 0 Å². The van der Waals surface area contributed by atoms with Gasteiger partial charge in [0.1, 0.15) is 6.04 Å². The van der Waals surface area contributed by atoms with E-state index in [1.165, 1.54) is 10.5 Å². The van der Waals surface area contributed by atoms with Crippen LogP contribution in [0.5, 0.6) is 0 Å². The van der Waals surface area contributed by atoms with E-state index in [1.807, 2.05) is 24.3 Å². The predicted octanol–water partition coefficient (Wildman–Crippen LogP) is 3.65. The number of amides is 2. The Morgan fingerprint density at radius 3 is 2.57 bits per heavy atom. The van der Waals surface area contributed by atoms with Gasteiger partial charge in [-0.1, -0.05) is 36.7 Å². The first kappa shape index (κ1) is 15.6. The number of carbonyl (C=O) groups is 2. The SMILES string of the molecule is CCc1ccc(N[C@H]2CC(=O)N(c3cccc(Cl)c3)C2=O)cc1. The van der Waals surface area contributed by atoms with Crippen molar-refractivity contribution >= 4 is 34.8 Å². The van der Waals surface area contributed by atoms with Crippen LogP contribution in [-0.2, 0) is 16.0 Å². The number of hydrogen-bond acceptors (Lipinski definition) is 3. The fourth-order valence-electron chi connectivity index (χ4n) is 2.67. The molecule has 0 spiro atoms. The second kappa shape index (κ2) is 6.42. The zero-order chi connectivity index (χ0) is 16.4. The van der Waals surface area contributed by atoms with Crippen LogP contribution < -0.4 is 10.2 Å². The normalized spacial score (nSPS) is 17.7. The van der Waals surface area contributed by atoms with Crippen LogP contribution in [0.4, 0.5) is 11.4 Å². The molecule has 1 fully saturated rings. The lowest BCUT2D eigenvalue weighted by molar-refractivity contribution is -0.121. The molecule has 0 aliphatic carbocycles. The summed E-state index contributed by atoms with van der Waals surface area (Å²) < 4.78 is 0. The summed E-state index contributed by atoms with van der Waals surface area (Å²) >= 11 is 5.95. The highest BCUT2D eigenvalue weighted by atomic mass is 35.5. The molecule has 5 heteroatoms. The molecule has 4 nitrogen and oxygen atoms in total. The van der Waals surface area contributed by atoms with Gasteiger partial charge < -0.3 is 5.32 Å². The average Bonchev–Trinajstić information content (AvgIpc) is 2.82. The van der Waals surface area contributed by atoms with Gasteiger partial charge in [0, 0.05) is 10.7 Å². The Bertz CT molecular complexity index is 743. The molecular formula is C18H17ClN2O2. The fraction of sp³-hybridized carbons (Fsp3) is 0.222. The zero-order valence-corrected chi connectivity index (χ0v) is 13.5. The van der Waals surface area contributed by atoms with Gasteiger partial charge in [0.25, 0.3) is 5.91 Å². The number of benzene rings is 2. The molecule has 1 N–H and O–H groups in total. The smallest absolute Gasteiger partial charge is 0.256 e. The first-order valence-corrected chi connectivity index (χ1v) is 7.94. The third kappa shape index (κ3) is 3.22. The van der Waals surface area contributed by atoms with Gasteiger partial charge in [0.2, 0.25) is 5.91 Å². The lowest BCUT2D eigenvalue weighted by Gasteiger charge is -2.16. The monoisotopic (exact) mass is 328 g/mol. The van der Waals surface area contributed by atoms with Gasteiger partial charge in [-0.05, 0) is 42.3 Å². The van der Waals surface area contributed by atoms with Gasteiger partial charge in [-0.25, -0.2) is 4.90 Å². The van der Waals surface area contributed by atoms with Crippen molar-refractivity contribution in [1.29, 1.82) is 0 Å². The molecule has 1 saturated heterocycles.